The summed E-state index contributed by atoms with van der Waals surface area (Å²) in [6.07, 6.45) is 2.56. The summed E-state index contributed by atoms with van der Waals surface area (Å²) in [6, 6.07) is -0.0336. The number of hydrogen-bond acceptors (Lipinski definition) is 3. The third-order valence-electron chi connectivity index (χ3n) is 1.81. The van der Waals surface area contributed by atoms with Gasteiger partial charge in [0.15, 0.2) is 5.96 Å². The first-order valence-corrected chi connectivity index (χ1v) is 4.27. The van der Waals surface area contributed by atoms with E-state index in [4.69, 9.17) is 11.1 Å². The van der Waals surface area contributed by atoms with Crippen LogP contribution in [0.4, 0.5) is 0 Å². The molecule has 0 aliphatic carbocycles. The first-order chi connectivity index (χ1) is 6.07. The van der Waals surface area contributed by atoms with Crippen molar-refractivity contribution in [3.8, 4) is 0 Å². The molecule has 13 heavy (non-hydrogen) atoms. The van der Waals surface area contributed by atoms with E-state index in [0.717, 1.165) is 19.1 Å². The zero-order valence-corrected chi connectivity index (χ0v) is 8.21. The Kier molecular flexibility index (Phi) is 5.88. The minimum Gasteiger partial charge on any atom is -0.370 e. The molecule has 0 radical (unpaired) electrons. The van der Waals surface area contributed by atoms with Gasteiger partial charge in [-0.2, -0.15) is 0 Å². The fraction of sp³-hybridized carbons (Fsp3) is 0.750. The van der Waals surface area contributed by atoms with E-state index in [2.05, 4.69) is 5.32 Å². The van der Waals surface area contributed by atoms with E-state index < -0.39 is 0 Å². The van der Waals surface area contributed by atoms with Crippen LogP contribution in [0.15, 0.2) is 0 Å². The van der Waals surface area contributed by atoms with E-state index in [0.29, 0.717) is 6.54 Å². The van der Waals surface area contributed by atoms with Gasteiger partial charge in [-0.3, -0.25) is 10.3 Å². The van der Waals surface area contributed by atoms with E-state index >= 15 is 0 Å². The molecule has 1 unspecified atom stereocenters. The lowest BCUT2D eigenvalue weighted by molar-refractivity contribution is -0.111. The molecular weight excluding hydrogens is 168 g/mol. The van der Waals surface area contributed by atoms with Crippen LogP contribution in [-0.4, -0.2) is 43.8 Å². The highest BCUT2D eigenvalue weighted by molar-refractivity contribution is 5.74. The fourth-order valence-corrected chi connectivity index (χ4v) is 0.982. The number of aldehydes is 1. The molecule has 0 aromatic heterocycles. The molecule has 1 atom stereocenters. The lowest BCUT2D eigenvalue weighted by Gasteiger charge is -2.17. The molecule has 5 heteroatoms. The van der Waals surface area contributed by atoms with Crippen molar-refractivity contribution < 1.29 is 4.79 Å². The Hall–Kier alpha value is -1.10. The molecule has 0 aromatic carbocycles. The first-order valence-electron chi connectivity index (χ1n) is 4.27. The molecule has 0 rings (SSSR count). The van der Waals surface area contributed by atoms with Crippen molar-refractivity contribution in [3.05, 3.63) is 0 Å². The molecule has 0 aliphatic rings. The lowest BCUT2D eigenvalue weighted by atomic mass is 10.1. The van der Waals surface area contributed by atoms with Gasteiger partial charge in [0.25, 0.3) is 0 Å². The van der Waals surface area contributed by atoms with Crippen LogP contribution >= 0.6 is 0 Å². The molecule has 4 N–H and O–H groups in total. The van der Waals surface area contributed by atoms with E-state index in [1.807, 2.05) is 19.0 Å². The SMILES string of the molecule is CN(C)C(C=O)CCCNC(=N)N. The van der Waals surface area contributed by atoms with Crippen LogP contribution < -0.4 is 11.1 Å². The molecule has 5 nitrogen and oxygen atoms in total. The van der Waals surface area contributed by atoms with Crippen LogP contribution in [0.1, 0.15) is 12.8 Å². The number of nitrogens with one attached hydrogen (secondary N) is 2. The summed E-state index contributed by atoms with van der Waals surface area (Å²) in [4.78, 5) is 12.4. The summed E-state index contributed by atoms with van der Waals surface area (Å²) in [5, 5.41) is 9.59. The summed E-state index contributed by atoms with van der Waals surface area (Å²) in [5.41, 5.74) is 5.09. The summed E-state index contributed by atoms with van der Waals surface area (Å²) < 4.78 is 0. The third-order valence-corrected chi connectivity index (χ3v) is 1.81. The second kappa shape index (κ2) is 6.42. The van der Waals surface area contributed by atoms with Crippen LogP contribution in [0, 0.1) is 5.41 Å². The van der Waals surface area contributed by atoms with Gasteiger partial charge in [0.2, 0.25) is 0 Å². The summed E-state index contributed by atoms with van der Waals surface area (Å²) in [5.74, 6) is -0.0208. The molecule has 76 valence electrons. The molecule has 0 fully saturated rings. The first kappa shape index (κ1) is 11.9. The van der Waals surface area contributed by atoms with Crippen molar-refractivity contribution in [2.45, 2.75) is 18.9 Å². The second-order valence-electron chi connectivity index (χ2n) is 3.15. The smallest absolute Gasteiger partial charge is 0.185 e. The van der Waals surface area contributed by atoms with E-state index in [9.17, 15) is 4.79 Å². The maximum Gasteiger partial charge on any atom is 0.185 e. The number of carbonyl (C=O) groups is 1. The summed E-state index contributed by atoms with van der Waals surface area (Å²) in [7, 11) is 3.74. The number of nitrogens with two attached hydrogens (primary N) is 1. The Morgan fingerprint density at radius 2 is 2.31 bits per heavy atom. The monoisotopic (exact) mass is 186 g/mol. The number of carbonyl (C=O) groups excluding carboxylic acids is 1. The minimum atomic E-state index is -0.0336. The zero-order chi connectivity index (χ0) is 10.3. The third kappa shape index (κ3) is 6.10. The molecular formula is C8H18N4O. The predicted molar refractivity (Wildman–Crippen MR) is 52.7 cm³/mol. The number of nitrogens with zero attached hydrogens (tertiary/aromatic N) is 1. The van der Waals surface area contributed by atoms with E-state index in [-0.39, 0.29) is 12.0 Å². The van der Waals surface area contributed by atoms with Crippen molar-refractivity contribution in [3.63, 3.8) is 0 Å². The van der Waals surface area contributed by atoms with Crippen molar-refractivity contribution in [2.24, 2.45) is 5.73 Å². The van der Waals surface area contributed by atoms with Crippen LogP contribution in [0.3, 0.4) is 0 Å². The van der Waals surface area contributed by atoms with Gasteiger partial charge in [0, 0.05) is 6.54 Å². The van der Waals surface area contributed by atoms with E-state index in [1.54, 1.807) is 0 Å². The molecule has 0 aromatic rings. The molecule has 0 bridgehead atoms. The van der Waals surface area contributed by atoms with Crippen LogP contribution in [0.5, 0.6) is 0 Å². The van der Waals surface area contributed by atoms with Gasteiger partial charge in [-0.05, 0) is 26.9 Å². The van der Waals surface area contributed by atoms with Crippen molar-refractivity contribution >= 4 is 12.2 Å². The van der Waals surface area contributed by atoms with E-state index in [1.165, 1.54) is 0 Å². The predicted octanol–water partition coefficient (Wildman–Crippen LogP) is -0.621. The molecule has 0 saturated heterocycles. The Bertz CT molecular complexity index is 170. The number of guanidine groups is 1. The lowest BCUT2D eigenvalue weighted by Crippen LogP contribution is -2.33. The quantitative estimate of drug-likeness (QED) is 0.223. The fourth-order valence-electron chi connectivity index (χ4n) is 0.982. The van der Waals surface area contributed by atoms with Gasteiger partial charge in [-0.25, -0.2) is 0 Å². The van der Waals surface area contributed by atoms with Crippen LogP contribution in [0.2, 0.25) is 0 Å². The van der Waals surface area contributed by atoms with Gasteiger partial charge >= 0.3 is 0 Å². The highest BCUT2D eigenvalue weighted by Crippen LogP contribution is 1.98. The van der Waals surface area contributed by atoms with Crippen molar-refractivity contribution in [1.29, 1.82) is 5.41 Å². The standard InChI is InChI=1S/C8H18N4O/c1-12(2)7(6-13)4-3-5-11-8(9)10/h6-7H,3-5H2,1-2H3,(H4,9,10,11). The molecule has 0 aliphatic heterocycles. The largest absolute Gasteiger partial charge is 0.370 e. The normalized spacial score (nSPS) is 12.5. The van der Waals surface area contributed by atoms with Gasteiger partial charge < -0.3 is 15.8 Å². The highest BCUT2D eigenvalue weighted by atomic mass is 16.1. The maximum atomic E-state index is 10.5. The Morgan fingerprint density at radius 1 is 1.69 bits per heavy atom. The van der Waals surface area contributed by atoms with Crippen LogP contribution in [-0.2, 0) is 4.79 Å². The number of likely N-dealkylation sites (N-methyl/N-ethyl adjacent to an activating group) is 1. The highest BCUT2D eigenvalue weighted by Gasteiger charge is 2.08. The molecule has 0 spiro atoms. The summed E-state index contributed by atoms with van der Waals surface area (Å²) >= 11 is 0. The maximum absolute atomic E-state index is 10.5. The van der Waals surface area contributed by atoms with Crippen molar-refractivity contribution in [1.82, 2.24) is 10.2 Å². The molecule has 0 amide bonds. The number of rotatable bonds is 6. The van der Waals surface area contributed by atoms with Gasteiger partial charge in [0.1, 0.15) is 6.29 Å². The van der Waals surface area contributed by atoms with Crippen LogP contribution in [0.25, 0.3) is 0 Å². The Morgan fingerprint density at radius 3 is 2.69 bits per heavy atom. The zero-order valence-electron chi connectivity index (χ0n) is 8.21. The Balaban J connectivity index is 3.50. The van der Waals surface area contributed by atoms with Gasteiger partial charge in [-0.15, -0.1) is 0 Å². The average molecular weight is 186 g/mol. The number of hydrogen-bond donors (Lipinski definition) is 3. The van der Waals surface area contributed by atoms with Crippen molar-refractivity contribution in [2.75, 3.05) is 20.6 Å². The molecule has 0 heterocycles. The average Bonchev–Trinajstić information content (AvgIpc) is 2.03. The summed E-state index contributed by atoms with van der Waals surface area (Å²) in [6.45, 7) is 0.646. The minimum absolute atomic E-state index is 0.0208. The van der Waals surface area contributed by atoms with Gasteiger partial charge in [0.05, 0.1) is 6.04 Å². The Labute approximate surface area is 78.8 Å². The topological polar surface area (TPSA) is 82.2 Å². The molecule has 0 saturated carbocycles. The van der Waals surface area contributed by atoms with Gasteiger partial charge in [-0.1, -0.05) is 0 Å². The second-order valence-corrected chi connectivity index (χ2v) is 3.15.